The van der Waals surface area contributed by atoms with Crippen LogP contribution in [0, 0.1) is 0 Å². The van der Waals surface area contributed by atoms with E-state index in [0.717, 1.165) is 0 Å². The number of nitrogens with two attached hydrogens (primary N) is 1. The lowest BCUT2D eigenvalue weighted by Gasteiger charge is -2.04. The molecule has 0 atom stereocenters. The third-order valence-electron chi connectivity index (χ3n) is 2.67. The van der Waals surface area contributed by atoms with Crippen molar-refractivity contribution < 1.29 is 4.79 Å². The number of nitrogens with zero attached hydrogens (tertiary/aromatic N) is 4. The Morgan fingerprint density at radius 1 is 1.44 bits per heavy atom. The molecule has 0 spiro atoms. The molecule has 0 fully saturated rings. The van der Waals surface area contributed by atoms with Crippen molar-refractivity contribution in [1.82, 2.24) is 19.8 Å². The van der Waals surface area contributed by atoms with Crippen molar-refractivity contribution in [3.05, 3.63) is 28.9 Å². The number of hydrogen-bond donors (Lipinski definition) is 1. The number of fused-ring (bicyclic) bond motifs is 3. The van der Waals surface area contributed by atoms with Crippen LogP contribution in [-0.2, 0) is 0 Å². The Morgan fingerprint density at radius 2 is 2.22 bits per heavy atom. The molecule has 0 aliphatic carbocycles. The van der Waals surface area contributed by atoms with Gasteiger partial charge in [-0.1, -0.05) is 16.8 Å². The van der Waals surface area contributed by atoms with Crippen molar-refractivity contribution >= 4 is 39.8 Å². The van der Waals surface area contributed by atoms with Gasteiger partial charge in [-0.05, 0) is 18.2 Å². The molecule has 3 rings (SSSR count). The molecule has 0 saturated carbocycles. The van der Waals surface area contributed by atoms with Gasteiger partial charge in [0.2, 0.25) is 0 Å². The van der Waals surface area contributed by atoms with Crippen LogP contribution < -0.4 is 5.73 Å². The standard InChI is InChI=1S/C11H8ClN5O/c1-5(18)9-11-14-10(13)7-4-6(12)2-3-8(7)17(11)16-15-9/h2-4H,1H3,(H2,13,14). The number of aromatic nitrogens is 4. The van der Waals surface area contributed by atoms with Crippen LogP contribution in [0.4, 0.5) is 5.82 Å². The third-order valence-corrected chi connectivity index (χ3v) is 2.90. The van der Waals surface area contributed by atoms with Crippen LogP contribution in [-0.4, -0.2) is 25.6 Å². The smallest absolute Gasteiger partial charge is 0.189 e. The Kier molecular flexibility index (Phi) is 2.21. The second-order valence-corrected chi connectivity index (χ2v) is 4.32. The number of halogens is 1. The Bertz CT molecular complexity index is 795. The van der Waals surface area contributed by atoms with Gasteiger partial charge in [-0.25, -0.2) is 4.98 Å². The average molecular weight is 262 g/mol. The summed E-state index contributed by atoms with van der Waals surface area (Å²) in [7, 11) is 0. The van der Waals surface area contributed by atoms with Gasteiger partial charge in [0.15, 0.2) is 17.1 Å². The first-order chi connectivity index (χ1) is 8.58. The van der Waals surface area contributed by atoms with Crippen molar-refractivity contribution in [1.29, 1.82) is 0 Å². The summed E-state index contributed by atoms with van der Waals surface area (Å²) in [5.41, 5.74) is 7.14. The maximum atomic E-state index is 11.4. The molecule has 90 valence electrons. The van der Waals surface area contributed by atoms with E-state index in [-0.39, 0.29) is 11.5 Å². The van der Waals surface area contributed by atoms with E-state index in [4.69, 9.17) is 17.3 Å². The van der Waals surface area contributed by atoms with Gasteiger partial charge in [-0.2, -0.15) is 4.52 Å². The number of hydrogen-bond acceptors (Lipinski definition) is 5. The molecule has 3 aromatic rings. The fourth-order valence-electron chi connectivity index (χ4n) is 1.84. The highest BCUT2D eigenvalue weighted by molar-refractivity contribution is 6.31. The lowest BCUT2D eigenvalue weighted by atomic mass is 10.2. The molecule has 2 aromatic heterocycles. The van der Waals surface area contributed by atoms with Gasteiger partial charge in [0.1, 0.15) is 5.82 Å². The lowest BCUT2D eigenvalue weighted by molar-refractivity contribution is 0.101. The summed E-state index contributed by atoms with van der Waals surface area (Å²) in [5, 5.41) is 8.98. The van der Waals surface area contributed by atoms with Crippen molar-refractivity contribution in [3.8, 4) is 0 Å². The second kappa shape index (κ2) is 3.64. The Morgan fingerprint density at radius 3 is 2.94 bits per heavy atom. The summed E-state index contributed by atoms with van der Waals surface area (Å²) >= 11 is 5.91. The second-order valence-electron chi connectivity index (χ2n) is 3.89. The molecular weight excluding hydrogens is 254 g/mol. The minimum Gasteiger partial charge on any atom is -0.383 e. The monoisotopic (exact) mass is 261 g/mol. The highest BCUT2D eigenvalue weighted by atomic mass is 35.5. The molecule has 18 heavy (non-hydrogen) atoms. The van der Waals surface area contributed by atoms with E-state index >= 15 is 0 Å². The molecule has 1 aromatic carbocycles. The average Bonchev–Trinajstić information content (AvgIpc) is 2.73. The van der Waals surface area contributed by atoms with Crippen LogP contribution in [0.25, 0.3) is 16.6 Å². The summed E-state index contributed by atoms with van der Waals surface area (Å²) in [6.45, 7) is 1.41. The number of ketones is 1. The van der Waals surface area contributed by atoms with E-state index in [1.54, 1.807) is 18.2 Å². The number of rotatable bonds is 1. The topological polar surface area (TPSA) is 86.2 Å². The maximum absolute atomic E-state index is 11.4. The fourth-order valence-corrected chi connectivity index (χ4v) is 2.01. The number of Topliss-reactive ketones (excluding diaryl/α,β-unsaturated/α-hetero) is 1. The molecule has 6 nitrogen and oxygen atoms in total. The van der Waals surface area contributed by atoms with Crippen LogP contribution in [0.1, 0.15) is 17.4 Å². The molecule has 0 amide bonds. The number of benzene rings is 1. The molecule has 0 unspecified atom stereocenters. The van der Waals surface area contributed by atoms with E-state index in [2.05, 4.69) is 15.3 Å². The van der Waals surface area contributed by atoms with Crippen molar-refractivity contribution in [2.75, 3.05) is 5.73 Å². The number of nitrogen functional groups attached to an aromatic ring is 1. The number of carbonyl (C=O) groups is 1. The van der Waals surface area contributed by atoms with Crippen LogP contribution in [0.3, 0.4) is 0 Å². The first-order valence-electron chi connectivity index (χ1n) is 5.19. The maximum Gasteiger partial charge on any atom is 0.189 e. The van der Waals surface area contributed by atoms with Gasteiger partial charge >= 0.3 is 0 Å². The number of carbonyl (C=O) groups excluding carboxylic acids is 1. The van der Waals surface area contributed by atoms with Crippen molar-refractivity contribution in [2.24, 2.45) is 0 Å². The van der Waals surface area contributed by atoms with E-state index in [9.17, 15) is 4.79 Å². The third kappa shape index (κ3) is 1.42. The van der Waals surface area contributed by atoms with E-state index in [1.807, 2.05) is 0 Å². The fraction of sp³-hybridized carbons (Fsp3) is 0.0909. The Labute approximate surface area is 106 Å². The SMILES string of the molecule is CC(=O)c1nnn2c1nc(N)c1cc(Cl)ccc12. The van der Waals surface area contributed by atoms with Gasteiger partial charge in [0.05, 0.1) is 5.52 Å². The van der Waals surface area contributed by atoms with Gasteiger partial charge in [0, 0.05) is 17.3 Å². The van der Waals surface area contributed by atoms with E-state index in [1.165, 1.54) is 11.4 Å². The van der Waals surface area contributed by atoms with Crippen LogP contribution in [0.2, 0.25) is 5.02 Å². The Hall–Kier alpha value is -2.21. The van der Waals surface area contributed by atoms with Gasteiger partial charge in [-0.3, -0.25) is 4.79 Å². The van der Waals surface area contributed by atoms with Gasteiger partial charge < -0.3 is 5.73 Å². The number of anilines is 1. The molecule has 0 aliphatic heterocycles. The molecule has 0 aliphatic rings. The van der Waals surface area contributed by atoms with Crippen molar-refractivity contribution in [3.63, 3.8) is 0 Å². The molecule has 2 heterocycles. The summed E-state index contributed by atoms with van der Waals surface area (Å²) in [5.74, 6) is 0.0926. The molecule has 0 bridgehead atoms. The van der Waals surface area contributed by atoms with E-state index < -0.39 is 0 Å². The van der Waals surface area contributed by atoms with Crippen LogP contribution >= 0.6 is 11.6 Å². The van der Waals surface area contributed by atoms with Crippen LogP contribution in [0.15, 0.2) is 18.2 Å². The predicted octanol–water partition coefficient (Wildman–Crippen LogP) is 1.72. The zero-order valence-corrected chi connectivity index (χ0v) is 10.1. The van der Waals surface area contributed by atoms with E-state index in [0.29, 0.717) is 27.4 Å². The lowest BCUT2D eigenvalue weighted by Crippen LogP contribution is -2.01. The van der Waals surface area contributed by atoms with Crippen molar-refractivity contribution in [2.45, 2.75) is 6.92 Å². The predicted molar refractivity (Wildman–Crippen MR) is 67.7 cm³/mol. The zero-order valence-electron chi connectivity index (χ0n) is 9.38. The summed E-state index contributed by atoms with van der Waals surface area (Å²) in [6.07, 6.45) is 0. The zero-order chi connectivity index (χ0) is 12.9. The quantitative estimate of drug-likeness (QED) is 0.674. The summed E-state index contributed by atoms with van der Waals surface area (Å²) < 4.78 is 1.48. The minimum absolute atomic E-state index is 0.204. The molecular formula is C11H8ClN5O. The highest BCUT2D eigenvalue weighted by Crippen LogP contribution is 2.24. The van der Waals surface area contributed by atoms with Crippen LogP contribution in [0.5, 0.6) is 0 Å². The highest BCUT2D eigenvalue weighted by Gasteiger charge is 2.15. The first-order valence-corrected chi connectivity index (χ1v) is 5.57. The van der Waals surface area contributed by atoms with Gasteiger partial charge in [0.25, 0.3) is 0 Å². The summed E-state index contributed by atoms with van der Waals surface area (Å²) in [6, 6.07) is 5.19. The Balaban J connectivity index is 2.52. The largest absolute Gasteiger partial charge is 0.383 e. The molecule has 2 N–H and O–H groups in total. The minimum atomic E-state index is -0.204. The first kappa shape index (κ1) is 10.9. The normalized spacial score (nSPS) is 11.2. The molecule has 7 heteroatoms. The molecule has 0 saturated heterocycles. The van der Waals surface area contributed by atoms with Gasteiger partial charge in [-0.15, -0.1) is 5.10 Å². The summed E-state index contributed by atoms with van der Waals surface area (Å²) in [4.78, 5) is 15.6. The molecule has 0 radical (unpaired) electrons.